The van der Waals surface area contributed by atoms with Gasteiger partial charge in [-0.25, -0.2) is 9.59 Å². The van der Waals surface area contributed by atoms with Crippen LogP contribution in [0.15, 0.2) is 0 Å². The standard InChI is InChI=1S/C13H21NO5/c1-12(2,3)19-11(17)14-7-8-18-13(5-4-6-13)9(14)10(15)16/h9H,4-8H2,1-3H3,(H,15,16). The number of aliphatic carboxylic acids is 1. The highest BCUT2D eigenvalue weighted by Gasteiger charge is 2.55. The van der Waals surface area contributed by atoms with Crippen LogP contribution < -0.4 is 0 Å². The van der Waals surface area contributed by atoms with Gasteiger partial charge in [-0.1, -0.05) is 0 Å². The predicted molar refractivity (Wildman–Crippen MR) is 66.9 cm³/mol. The predicted octanol–water partition coefficient (Wildman–Crippen LogP) is 1.63. The largest absolute Gasteiger partial charge is 0.480 e. The minimum absolute atomic E-state index is 0.258. The molecule has 1 unspecified atom stereocenters. The summed E-state index contributed by atoms with van der Waals surface area (Å²) in [5.74, 6) is -1.02. The monoisotopic (exact) mass is 271 g/mol. The number of morpholine rings is 1. The quantitative estimate of drug-likeness (QED) is 0.784. The van der Waals surface area contributed by atoms with Crippen molar-refractivity contribution >= 4 is 12.1 Å². The summed E-state index contributed by atoms with van der Waals surface area (Å²) in [6.07, 6.45) is 1.73. The number of hydrogen-bond acceptors (Lipinski definition) is 4. The molecule has 1 saturated carbocycles. The maximum absolute atomic E-state index is 12.1. The summed E-state index contributed by atoms with van der Waals surface area (Å²) < 4.78 is 10.9. The molecule has 19 heavy (non-hydrogen) atoms. The Kier molecular flexibility index (Phi) is 3.47. The van der Waals surface area contributed by atoms with Crippen molar-refractivity contribution in [3.63, 3.8) is 0 Å². The summed E-state index contributed by atoms with van der Waals surface area (Å²) in [6.45, 7) is 5.91. The molecule has 0 radical (unpaired) electrons. The Morgan fingerprint density at radius 2 is 2.00 bits per heavy atom. The Bertz CT molecular complexity index is 383. The summed E-state index contributed by atoms with van der Waals surface area (Å²) >= 11 is 0. The van der Waals surface area contributed by atoms with E-state index in [1.54, 1.807) is 20.8 Å². The molecule has 1 N–H and O–H groups in total. The molecular formula is C13H21NO5. The van der Waals surface area contributed by atoms with E-state index in [0.29, 0.717) is 19.4 Å². The van der Waals surface area contributed by atoms with Crippen molar-refractivity contribution in [2.24, 2.45) is 0 Å². The van der Waals surface area contributed by atoms with E-state index in [1.807, 2.05) is 0 Å². The van der Waals surface area contributed by atoms with E-state index >= 15 is 0 Å². The molecule has 1 saturated heterocycles. The minimum atomic E-state index is -1.02. The van der Waals surface area contributed by atoms with Crippen molar-refractivity contribution < 1.29 is 24.2 Å². The fourth-order valence-corrected chi connectivity index (χ4v) is 2.66. The highest BCUT2D eigenvalue weighted by atomic mass is 16.6. The van der Waals surface area contributed by atoms with Crippen molar-refractivity contribution in [2.75, 3.05) is 13.2 Å². The molecule has 1 atom stereocenters. The normalized spacial score (nSPS) is 25.8. The van der Waals surface area contributed by atoms with E-state index in [0.717, 1.165) is 6.42 Å². The third kappa shape index (κ3) is 2.68. The van der Waals surface area contributed by atoms with Crippen LogP contribution in [0.25, 0.3) is 0 Å². The molecule has 108 valence electrons. The fourth-order valence-electron chi connectivity index (χ4n) is 2.66. The van der Waals surface area contributed by atoms with Gasteiger partial charge in [-0.05, 0) is 40.0 Å². The summed E-state index contributed by atoms with van der Waals surface area (Å²) in [5.41, 5.74) is -1.34. The molecule has 0 aromatic heterocycles. The van der Waals surface area contributed by atoms with Crippen molar-refractivity contribution in [3.8, 4) is 0 Å². The first-order valence-electron chi connectivity index (χ1n) is 6.62. The Morgan fingerprint density at radius 1 is 1.37 bits per heavy atom. The topological polar surface area (TPSA) is 76.1 Å². The lowest BCUT2D eigenvalue weighted by atomic mass is 9.73. The van der Waals surface area contributed by atoms with Gasteiger partial charge >= 0.3 is 12.1 Å². The lowest BCUT2D eigenvalue weighted by Gasteiger charge is -2.52. The van der Waals surface area contributed by atoms with Gasteiger partial charge in [-0.2, -0.15) is 0 Å². The van der Waals surface area contributed by atoms with Gasteiger partial charge in [0.25, 0.3) is 0 Å². The maximum atomic E-state index is 12.1. The number of hydrogen-bond donors (Lipinski definition) is 1. The number of rotatable bonds is 1. The molecule has 0 bridgehead atoms. The number of ether oxygens (including phenoxy) is 2. The second-order valence-electron chi connectivity index (χ2n) is 6.18. The molecule has 2 fully saturated rings. The van der Waals surface area contributed by atoms with Gasteiger partial charge in [0.15, 0.2) is 6.04 Å². The third-order valence-corrected chi connectivity index (χ3v) is 3.59. The van der Waals surface area contributed by atoms with Crippen molar-refractivity contribution in [2.45, 2.75) is 57.3 Å². The molecule has 1 aliphatic carbocycles. The van der Waals surface area contributed by atoms with Crippen LogP contribution in [0.2, 0.25) is 0 Å². The number of carboxylic acids is 1. The van der Waals surface area contributed by atoms with Crippen LogP contribution in [0.3, 0.4) is 0 Å². The zero-order valence-electron chi connectivity index (χ0n) is 11.6. The molecule has 6 nitrogen and oxygen atoms in total. The SMILES string of the molecule is CC(C)(C)OC(=O)N1CCOC2(CCC2)C1C(=O)O. The van der Waals surface area contributed by atoms with Gasteiger partial charge in [0.2, 0.25) is 0 Å². The number of nitrogens with zero attached hydrogens (tertiary/aromatic N) is 1. The van der Waals surface area contributed by atoms with Crippen LogP contribution >= 0.6 is 0 Å². The van der Waals surface area contributed by atoms with Gasteiger partial charge in [0.05, 0.1) is 12.2 Å². The molecule has 1 amide bonds. The number of amides is 1. The first-order valence-corrected chi connectivity index (χ1v) is 6.62. The van der Waals surface area contributed by atoms with Crippen molar-refractivity contribution in [1.29, 1.82) is 0 Å². The molecular weight excluding hydrogens is 250 g/mol. The highest BCUT2D eigenvalue weighted by molar-refractivity contribution is 5.82. The molecule has 1 spiro atoms. The van der Waals surface area contributed by atoms with Crippen LogP contribution in [0, 0.1) is 0 Å². The zero-order chi connectivity index (χ0) is 14.3. The molecule has 1 aliphatic heterocycles. The number of carbonyl (C=O) groups is 2. The van der Waals surface area contributed by atoms with E-state index in [-0.39, 0.29) is 6.54 Å². The van der Waals surface area contributed by atoms with Crippen molar-refractivity contribution in [3.05, 3.63) is 0 Å². The van der Waals surface area contributed by atoms with E-state index in [9.17, 15) is 14.7 Å². The molecule has 1 heterocycles. The lowest BCUT2D eigenvalue weighted by molar-refractivity contribution is -0.197. The number of carboxylic acid groups (broad SMARTS) is 1. The first kappa shape index (κ1) is 14.1. The molecule has 2 aliphatic rings. The summed E-state index contributed by atoms with van der Waals surface area (Å²) in [7, 11) is 0. The van der Waals surface area contributed by atoms with E-state index in [2.05, 4.69) is 0 Å². The molecule has 2 rings (SSSR count). The zero-order valence-corrected chi connectivity index (χ0v) is 11.6. The Labute approximate surface area is 112 Å². The Morgan fingerprint density at radius 3 is 2.42 bits per heavy atom. The van der Waals surface area contributed by atoms with Gasteiger partial charge < -0.3 is 14.6 Å². The average molecular weight is 271 g/mol. The van der Waals surface area contributed by atoms with Crippen LogP contribution in [0.1, 0.15) is 40.0 Å². The minimum Gasteiger partial charge on any atom is -0.480 e. The Balaban J connectivity index is 2.18. The van der Waals surface area contributed by atoms with Gasteiger partial charge in [0, 0.05) is 6.54 Å². The van der Waals surface area contributed by atoms with Crippen LogP contribution in [0.5, 0.6) is 0 Å². The van der Waals surface area contributed by atoms with Crippen LogP contribution in [-0.4, -0.2) is 52.5 Å². The molecule has 0 aromatic rings. The summed E-state index contributed by atoms with van der Waals surface area (Å²) in [6, 6.07) is -0.940. The Hall–Kier alpha value is -1.30. The van der Waals surface area contributed by atoms with E-state index in [1.165, 1.54) is 4.90 Å². The second kappa shape index (κ2) is 4.67. The summed E-state index contributed by atoms with van der Waals surface area (Å²) in [5, 5.41) is 9.43. The smallest absolute Gasteiger partial charge is 0.411 e. The van der Waals surface area contributed by atoms with Gasteiger partial charge in [0.1, 0.15) is 5.60 Å². The fraction of sp³-hybridized carbons (Fsp3) is 0.846. The highest BCUT2D eigenvalue weighted by Crippen LogP contribution is 2.43. The van der Waals surface area contributed by atoms with Gasteiger partial charge in [-0.15, -0.1) is 0 Å². The van der Waals surface area contributed by atoms with Gasteiger partial charge in [-0.3, -0.25) is 4.90 Å². The number of carbonyl (C=O) groups excluding carboxylic acids is 1. The van der Waals surface area contributed by atoms with E-state index in [4.69, 9.17) is 9.47 Å². The third-order valence-electron chi connectivity index (χ3n) is 3.59. The maximum Gasteiger partial charge on any atom is 0.411 e. The first-order chi connectivity index (χ1) is 8.75. The molecule has 0 aromatic carbocycles. The lowest BCUT2D eigenvalue weighted by Crippen LogP contribution is -2.67. The van der Waals surface area contributed by atoms with Crippen LogP contribution in [0.4, 0.5) is 4.79 Å². The van der Waals surface area contributed by atoms with Crippen molar-refractivity contribution in [1.82, 2.24) is 4.90 Å². The molecule has 6 heteroatoms. The average Bonchev–Trinajstić information content (AvgIpc) is 2.23. The second-order valence-corrected chi connectivity index (χ2v) is 6.18. The van der Waals surface area contributed by atoms with E-state index < -0.39 is 29.3 Å². The van der Waals surface area contributed by atoms with Crippen LogP contribution in [-0.2, 0) is 14.3 Å². The summed E-state index contributed by atoms with van der Waals surface area (Å²) in [4.78, 5) is 25.0.